The van der Waals surface area contributed by atoms with E-state index in [1.165, 1.54) is 16.9 Å². The van der Waals surface area contributed by atoms with Crippen LogP contribution in [0.15, 0.2) is 53.9 Å². The molecule has 0 radical (unpaired) electrons. The molecule has 0 atom stereocenters. The van der Waals surface area contributed by atoms with Crippen LogP contribution in [0.4, 0.5) is 5.13 Å². The number of anilines is 1. The molecule has 0 aliphatic carbocycles. The molecule has 0 aliphatic rings. The zero-order valence-corrected chi connectivity index (χ0v) is 16.1. The Labute approximate surface area is 161 Å². The molecule has 0 saturated carbocycles. The van der Waals surface area contributed by atoms with Gasteiger partial charge in [0, 0.05) is 16.0 Å². The lowest BCUT2D eigenvalue weighted by molar-refractivity contribution is -0.118. The number of thiazole rings is 1. The van der Waals surface area contributed by atoms with E-state index in [2.05, 4.69) is 24.1 Å². The average Bonchev–Trinajstić information content (AvgIpc) is 3.09. The highest BCUT2D eigenvalue weighted by molar-refractivity contribution is 7.14. The zero-order chi connectivity index (χ0) is 18.5. The van der Waals surface area contributed by atoms with Crippen LogP contribution in [-0.4, -0.2) is 17.5 Å². The van der Waals surface area contributed by atoms with Crippen molar-refractivity contribution < 1.29 is 9.53 Å². The maximum atomic E-state index is 12.1. The molecule has 4 nitrogen and oxygen atoms in total. The number of hydrogen-bond donors (Lipinski definition) is 1. The lowest BCUT2D eigenvalue weighted by Crippen LogP contribution is -2.20. The number of nitrogens with one attached hydrogen (secondary N) is 1. The molecule has 6 heteroatoms. The van der Waals surface area contributed by atoms with Gasteiger partial charge in [-0.3, -0.25) is 10.1 Å². The number of benzene rings is 2. The molecule has 0 saturated heterocycles. The summed E-state index contributed by atoms with van der Waals surface area (Å²) in [5.74, 6) is 0.860. The number of hydrogen-bond acceptors (Lipinski definition) is 4. The summed E-state index contributed by atoms with van der Waals surface area (Å²) < 4.78 is 5.59. The molecule has 0 fully saturated rings. The Kier molecular flexibility index (Phi) is 5.91. The molecule has 3 rings (SSSR count). The summed E-state index contributed by atoms with van der Waals surface area (Å²) in [6, 6.07) is 15.2. The Hall–Kier alpha value is -2.37. The molecule has 134 valence electrons. The van der Waals surface area contributed by atoms with Gasteiger partial charge in [-0.05, 0) is 35.7 Å². The molecular weight excluding hydrogens is 368 g/mol. The molecule has 1 N–H and O–H groups in total. The van der Waals surface area contributed by atoms with Crippen molar-refractivity contribution in [3.8, 4) is 17.0 Å². The van der Waals surface area contributed by atoms with E-state index in [0.717, 1.165) is 11.3 Å². The van der Waals surface area contributed by atoms with Crippen LogP contribution in [0, 0.1) is 0 Å². The van der Waals surface area contributed by atoms with Crippen molar-refractivity contribution in [2.24, 2.45) is 0 Å². The first-order chi connectivity index (χ1) is 12.5. The summed E-state index contributed by atoms with van der Waals surface area (Å²) in [7, 11) is 0. The Balaban J connectivity index is 1.57. The molecule has 3 aromatic rings. The molecule has 1 aromatic heterocycles. The third-order valence-corrected chi connectivity index (χ3v) is 4.79. The van der Waals surface area contributed by atoms with E-state index in [1.807, 2.05) is 53.9 Å². The van der Waals surface area contributed by atoms with Crippen LogP contribution in [0.25, 0.3) is 11.3 Å². The number of carbonyl (C=O) groups is 1. The van der Waals surface area contributed by atoms with E-state index in [0.29, 0.717) is 21.8 Å². The van der Waals surface area contributed by atoms with Gasteiger partial charge in [0.25, 0.3) is 5.91 Å². The van der Waals surface area contributed by atoms with Crippen molar-refractivity contribution in [3.05, 3.63) is 64.5 Å². The summed E-state index contributed by atoms with van der Waals surface area (Å²) in [5.41, 5.74) is 2.93. The Morgan fingerprint density at radius 1 is 1.23 bits per heavy atom. The number of ether oxygens (including phenoxy) is 1. The first kappa shape index (κ1) is 18.4. The van der Waals surface area contributed by atoms with E-state index in [4.69, 9.17) is 16.3 Å². The number of amides is 1. The van der Waals surface area contributed by atoms with Crippen LogP contribution in [0.3, 0.4) is 0 Å². The largest absolute Gasteiger partial charge is 0.484 e. The molecule has 0 unspecified atom stereocenters. The van der Waals surface area contributed by atoms with Crippen LogP contribution in [0.2, 0.25) is 5.02 Å². The van der Waals surface area contributed by atoms with Crippen LogP contribution in [0.1, 0.15) is 25.3 Å². The van der Waals surface area contributed by atoms with Crippen molar-refractivity contribution in [2.75, 3.05) is 11.9 Å². The van der Waals surface area contributed by atoms with E-state index in [-0.39, 0.29) is 12.5 Å². The highest BCUT2D eigenvalue weighted by Crippen LogP contribution is 2.26. The van der Waals surface area contributed by atoms with E-state index >= 15 is 0 Å². The normalized spacial score (nSPS) is 10.8. The minimum atomic E-state index is -0.239. The fourth-order valence-electron chi connectivity index (χ4n) is 2.35. The molecule has 0 aliphatic heterocycles. The molecule has 2 aromatic carbocycles. The molecule has 1 amide bonds. The second kappa shape index (κ2) is 8.34. The molecule has 26 heavy (non-hydrogen) atoms. The molecule has 0 bridgehead atoms. The standard InChI is InChI=1S/C20H19ClN2O2S/c1-13(2)15-4-3-5-17(10-15)25-11-19(24)23-20-22-18(12-26-20)14-6-8-16(21)9-7-14/h3-10,12-13H,11H2,1-2H3,(H,22,23,24). The van der Waals surface area contributed by atoms with Gasteiger partial charge in [-0.1, -0.05) is 49.7 Å². The van der Waals surface area contributed by atoms with Crippen molar-refractivity contribution in [3.63, 3.8) is 0 Å². The van der Waals surface area contributed by atoms with Crippen LogP contribution in [0.5, 0.6) is 5.75 Å². The first-order valence-corrected chi connectivity index (χ1v) is 9.51. The summed E-state index contributed by atoms with van der Waals surface area (Å²) in [6.45, 7) is 4.18. The molecule has 0 spiro atoms. The van der Waals surface area contributed by atoms with Gasteiger partial charge in [0.15, 0.2) is 11.7 Å². The van der Waals surface area contributed by atoms with E-state index < -0.39 is 0 Å². The van der Waals surface area contributed by atoms with Gasteiger partial charge in [-0.15, -0.1) is 11.3 Å². The second-order valence-electron chi connectivity index (χ2n) is 6.11. The van der Waals surface area contributed by atoms with Gasteiger partial charge in [-0.2, -0.15) is 0 Å². The van der Waals surface area contributed by atoms with Gasteiger partial charge >= 0.3 is 0 Å². The van der Waals surface area contributed by atoms with Crippen LogP contribution < -0.4 is 10.1 Å². The summed E-state index contributed by atoms with van der Waals surface area (Å²) in [4.78, 5) is 16.5. The van der Waals surface area contributed by atoms with Crippen LogP contribution in [-0.2, 0) is 4.79 Å². The quantitative estimate of drug-likeness (QED) is 0.599. The fraction of sp³-hybridized carbons (Fsp3) is 0.200. The highest BCUT2D eigenvalue weighted by atomic mass is 35.5. The molecule has 1 heterocycles. The predicted octanol–water partition coefficient (Wildman–Crippen LogP) is 5.60. The van der Waals surface area contributed by atoms with Crippen molar-refractivity contribution in [2.45, 2.75) is 19.8 Å². The number of aromatic nitrogens is 1. The Bertz CT molecular complexity index is 891. The number of rotatable bonds is 6. The van der Waals surface area contributed by atoms with Gasteiger partial charge in [-0.25, -0.2) is 4.98 Å². The Morgan fingerprint density at radius 2 is 2.00 bits per heavy atom. The third kappa shape index (κ3) is 4.84. The monoisotopic (exact) mass is 386 g/mol. The Morgan fingerprint density at radius 3 is 2.73 bits per heavy atom. The number of halogens is 1. The summed E-state index contributed by atoms with van der Waals surface area (Å²) in [6.07, 6.45) is 0. The van der Waals surface area contributed by atoms with Crippen molar-refractivity contribution in [1.82, 2.24) is 4.98 Å². The van der Waals surface area contributed by atoms with E-state index in [1.54, 1.807) is 0 Å². The fourth-order valence-corrected chi connectivity index (χ4v) is 3.21. The highest BCUT2D eigenvalue weighted by Gasteiger charge is 2.09. The smallest absolute Gasteiger partial charge is 0.264 e. The summed E-state index contributed by atoms with van der Waals surface area (Å²) in [5, 5.41) is 5.88. The van der Waals surface area contributed by atoms with E-state index in [9.17, 15) is 4.79 Å². The van der Waals surface area contributed by atoms with Gasteiger partial charge in [0.1, 0.15) is 5.75 Å². The minimum absolute atomic E-state index is 0.0581. The maximum Gasteiger partial charge on any atom is 0.264 e. The third-order valence-electron chi connectivity index (χ3n) is 3.79. The number of nitrogens with zero attached hydrogens (tertiary/aromatic N) is 1. The lowest BCUT2D eigenvalue weighted by Gasteiger charge is -2.09. The SMILES string of the molecule is CC(C)c1cccc(OCC(=O)Nc2nc(-c3ccc(Cl)cc3)cs2)c1. The van der Waals surface area contributed by atoms with Gasteiger partial charge in [0.2, 0.25) is 0 Å². The topological polar surface area (TPSA) is 51.2 Å². The first-order valence-electron chi connectivity index (χ1n) is 8.25. The van der Waals surface area contributed by atoms with Gasteiger partial charge in [0.05, 0.1) is 5.69 Å². The maximum absolute atomic E-state index is 12.1. The predicted molar refractivity (Wildman–Crippen MR) is 107 cm³/mol. The molecular formula is C20H19ClN2O2S. The van der Waals surface area contributed by atoms with Crippen molar-refractivity contribution >= 4 is 34.0 Å². The van der Waals surface area contributed by atoms with Crippen LogP contribution >= 0.6 is 22.9 Å². The lowest BCUT2D eigenvalue weighted by atomic mass is 10.0. The summed E-state index contributed by atoms with van der Waals surface area (Å²) >= 11 is 7.27. The minimum Gasteiger partial charge on any atom is -0.484 e. The number of carbonyl (C=O) groups excluding carboxylic acids is 1. The second-order valence-corrected chi connectivity index (χ2v) is 7.40. The average molecular weight is 387 g/mol. The zero-order valence-electron chi connectivity index (χ0n) is 14.5. The van der Waals surface area contributed by atoms with Crippen molar-refractivity contribution in [1.29, 1.82) is 0 Å². The van der Waals surface area contributed by atoms with Gasteiger partial charge < -0.3 is 4.74 Å².